The van der Waals surface area contributed by atoms with Gasteiger partial charge < -0.3 is 9.64 Å². The summed E-state index contributed by atoms with van der Waals surface area (Å²) in [5.74, 6) is 0. The van der Waals surface area contributed by atoms with Gasteiger partial charge in [0.15, 0.2) is 0 Å². The van der Waals surface area contributed by atoms with Crippen molar-refractivity contribution >= 4 is 6.41 Å². The van der Waals surface area contributed by atoms with Crippen LogP contribution in [0.5, 0.6) is 0 Å². The molecular weight excluding hydrogens is 250 g/mol. The third kappa shape index (κ3) is 15.5. The molecule has 3 nitrogen and oxygen atoms in total. The fourth-order valence-electron chi connectivity index (χ4n) is 2.43. The Balaban J connectivity index is 2.97. The number of hydrogen-bond acceptors (Lipinski definition) is 2. The van der Waals surface area contributed by atoms with Gasteiger partial charge in [-0.2, -0.15) is 0 Å². The highest BCUT2D eigenvalue weighted by Gasteiger charge is 1.95. The van der Waals surface area contributed by atoms with Gasteiger partial charge >= 0.3 is 0 Å². The van der Waals surface area contributed by atoms with Gasteiger partial charge in [0.25, 0.3) is 0 Å². The van der Waals surface area contributed by atoms with Gasteiger partial charge in [-0.25, -0.2) is 0 Å². The summed E-state index contributed by atoms with van der Waals surface area (Å²) in [4.78, 5) is 12.1. The molecule has 0 saturated heterocycles. The molecule has 0 bridgehead atoms. The third-order valence-electron chi connectivity index (χ3n) is 3.79. The summed E-state index contributed by atoms with van der Waals surface area (Å²) < 4.78 is 5.04. The minimum absolute atomic E-state index is 0.909. The lowest BCUT2D eigenvalue weighted by Crippen LogP contribution is -2.16. The zero-order chi connectivity index (χ0) is 14.9. The molecular formula is C17H35NO2. The van der Waals surface area contributed by atoms with E-state index in [9.17, 15) is 4.79 Å². The molecule has 120 valence electrons. The molecule has 0 atom stereocenters. The second kappa shape index (κ2) is 16.5. The lowest BCUT2D eigenvalue weighted by molar-refractivity contribution is -0.117. The number of methoxy groups -OCH3 is 1. The molecule has 0 heterocycles. The van der Waals surface area contributed by atoms with Crippen molar-refractivity contribution in [1.82, 2.24) is 4.90 Å². The Morgan fingerprint density at radius 3 is 1.55 bits per heavy atom. The summed E-state index contributed by atoms with van der Waals surface area (Å²) in [6.07, 6.45) is 16.9. The second-order valence-corrected chi connectivity index (χ2v) is 5.82. The van der Waals surface area contributed by atoms with Crippen molar-refractivity contribution in [2.75, 3.05) is 27.3 Å². The lowest BCUT2D eigenvalue weighted by atomic mass is 10.1. The predicted molar refractivity (Wildman–Crippen MR) is 86.0 cm³/mol. The summed E-state index contributed by atoms with van der Waals surface area (Å²) in [5.41, 5.74) is 0. The number of ether oxygens (including phenoxy) is 1. The summed E-state index contributed by atoms with van der Waals surface area (Å²) >= 11 is 0. The molecule has 0 N–H and O–H groups in total. The summed E-state index contributed by atoms with van der Waals surface area (Å²) in [5, 5.41) is 0. The number of carbonyl (C=O) groups is 1. The lowest BCUT2D eigenvalue weighted by Gasteiger charge is -2.09. The highest BCUT2D eigenvalue weighted by atomic mass is 16.5. The van der Waals surface area contributed by atoms with Crippen molar-refractivity contribution in [3.63, 3.8) is 0 Å². The fourth-order valence-corrected chi connectivity index (χ4v) is 2.43. The van der Waals surface area contributed by atoms with Gasteiger partial charge in [0.2, 0.25) is 6.41 Å². The summed E-state index contributed by atoms with van der Waals surface area (Å²) in [7, 11) is 3.63. The topological polar surface area (TPSA) is 29.5 Å². The molecule has 0 aromatic rings. The van der Waals surface area contributed by atoms with E-state index < -0.39 is 0 Å². The maximum absolute atomic E-state index is 10.4. The van der Waals surface area contributed by atoms with Gasteiger partial charge in [0.1, 0.15) is 0 Å². The molecule has 0 aliphatic heterocycles. The zero-order valence-corrected chi connectivity index (χ0v) is 13.7. The Hall–Kier alpha value is -0.570. The predicted octanol–water partition coefficient (Wildman–Crippen LogP) is 4.40. The first-order chi connectivity index (χ1) is 9.81. The van der Waals surface area contributed by atoms with Crippen LogP contribution >= 0.6 is 0 Å². The Labute approximate surface area is 126 Å². The normalized spacial score (nSPS) is 10.7. The van der Waals surface area contributed by atoms with E-state index in [1.165, 1.54) is 70.6 Å². The summed E-state index contributed by atoms with van der Waals surface area (Å²) in [6, 6.07) is 0. The van der Waals surface area contributed by atoms with Gasteiger partial charge in [-0.15, -0.1) is 0 Å². The van der Waals surface area contributed by atoms with E-state index in [4.69, 9.17) is 4.74 Å². The van der Waals surface area contributed by atoms with Crippen LogP contribution in [-0.2, 0) is 9.53 Å². The van der Waals surface area contributed by atoms with Crippen LogP contribution in [0.1, 0.15) is 77.0 Å². The van der Waals surface area contributed by atoms with Gasteiger partial charge in [0, 0.05) is 27.3 Å². The van der Waals surface area contributed by atoms with E-state index in [2.05, 4.69) is 0 Å². The molecule has 0 aromatic carbocycles. The minimum Gasteiger partial charge on any atom is -0.385 e. The second-order valence-electron chi connectivity index (χ2n) is 5.82. The van der Waals surface area contributed by atoms with Crippen LogP contribution in [-0.4, -0.2) is 38.6 Å². The van der Waals surface area contributed by atoms with E-state index in [1.807, 2.05) is 7.05 Å². The van der Waals surface area contributed by atoms with Crippen molar-refractivity contribution in [2.45, 2.75) is 77.0 Å². The van der Waals surface area contributed by atoms with E-state index in [1.54, 1.807) is 12.0 Å². The van der Waals surface area contributed by atoms with Crippen molar-refractivity contribution in [1.29, 1.82) is 0 Å². The van der Waals surface area contributed by atoms with Gasteiger partial charge in [0.05, 0.1) is 0 Å². The monoisotopic (exact) mass is 285 g/mol. The first kappa shape index (κ1) is 19.4. The molecule has 0 unspecified atom stereocenters. The van der Waals surface area contributed by atoms with Crippen LogP contribution < -0.4 is 0 Å². The molecule has 3 heteroatoms. The van der Waals surface area contributed by atoms with Gasteiger partial charge in [-0.1, -0.05) is 64.2 Å². The molecule has 0 aromatic heterocycles. The van der Waals surface area contributed by atoms with Crippen LogP contribution in [0.25, 0.3) is 0 Å². The smallest absolute Gasteiger partial charge is 0.209 e. The average Bonchev–Trinajstić information content (AvgIpc) is 2.47. The van der Waals surface area contributed by atoms with E-state index in [-0.39, 0.29) is 0 Å². The Kier molecular flexibility index (Phi) is 16.0. The van der Waals surface area contributed by atoms with E-state index in [0.717, 1.165) is 26.0 Å². The number of nitrogens with zero attached hydrogens (tertiary/aromatic N) is 1. The number of unbranched alkanes of at least 4 members (excludes halogenated alkanes) is 11. The first-order valence-electron chi connectivity index (χ1n) is 8.45. The Morgan fingerprint density at radius 1 is 0.750 bits per heavy atom. The maximum Gasteiger partial charge on any atom is 0.209 e. The van der Waals surface area contributed by atoms with Crippen LogP contribution in [0.4, 0.5) is 0 Å². The Bertz CT molecular complexity index is 197. The molecule has 1 amide bonds. The quantitative estimate of drug-likeness (QED) is 0.311. The SMILES string of the molecule is COCCCCCCCCCCCCCCN(C)C=O. The molecule has 20 heavy (non-hydrogen) atoms. The van der Waals surface area contributed by atoms with Crippen LogP contribution in [0.15, 0.2) is 0 Å². The number of hydrogen-bond donors (Lipinski definition) is 0. The van der Waals surface area contributed by atoms with E-state index in [0.29, 0.717) is 0 Å². The van der Waals surface area contributed by atoms with Crippen LogP contribution in [0.2, 0.25) is 0 Å². The first-order valence-corrected chi connectivity index (χ1v) is 8.45. The highest BCUT2D eigenvalue weighted by molar-refractivity contribution is 5.46. The van der Waals surface area contributed by atoms with Crippen molar-refractivity contribution in [3.8, 4) is 0 Å². The molecule has 0 aliphatic carbocycles. The van der Waals surface area contributed by atoms with Crippen LogP contribution in [0.3, 0.4) is 0 Å². The molecule has 0 spiro atoms. The van der Waals surface area contributed by atoms with Gasteiger partial charge in [-0.3, -0.25) is 4.79 Å². The van der Waals surface area contributed by atoms with Crippen molar-refractivity contribution in [2.24, 2.45) is 0 Å². The highest BCUT2D eigenvalue weighted by Crippen LogP contribution is 2.12. The van der Waals surface area contributed by atoms with Crippen molar-refractivity contribution in [3.05, 3.63) is 0 Å². The molecule has 0 radical (unpaired) electrons. The largest absolute Gasteiger partial charge is 0.385 e. The summed E-state index contributed by atoms with van der Waals surface area (Å²) in [6.45, 7) is 1.83. The van der Waals surface area contributed by atoms with Crippen molar-refractivity contribution < 1.29 is 9.53 Å². The molecule has 0 rings (SSSR count). The van der Waals surface area contributed by atoms with Crippen LogP contribution in [0, 0.1) is 0 Å². The fraction of sp³-hybridized carbons (Fsp3) is 0.941. The number of amides is 1. The standard InChI is InChI=1S/C17H35NO2/c1-18(17-19)15-13-11-9-7-5-3-4-6-8-10-12-14-16-20-2/h17H,3-16H2,1-2H3. The Morgan fingerprint density at radius 2 is 1.15 bits per heavy atom. The number of rotatable bonds is 16. The molecule has 0 aliphatic rings. The zero-order valence-electron chi connectivity index (χ0n) is 13.7. The molecule has 0 saturated carbocycles. The minimum atomic E-state index is 0.909. The molecule has 0 fully saturated rings. The van der Waals surface area contributed by atoms with E-state index >= 15 is 0 Å². The average molecular weight is 285 g/mol. The number of carbonyl (C=O) groups excluding carboxylic acids is 1. The van der Waals surface area contributed by atoms with Gasteiger partial charge in [-0.05, 0) is 12.8 Å². The third-order valence-corrected chi connectivity index (χ3v) is 3.79. The maximum atomic E-state index is 10.4.